The first kappa shape index (κ1) is 84.3. The van der Waals surface area contributed by atoms with Crippen LogP contribution in [-0.4, -0.2) is 96.6 Å². The number of nitrogens with one attached hydrogen (secondary N) is 2. The third-order valence-electron chi connectivity index (χ3n) is 14.3. The summed E-state index contributed by atoms with van der Waals surface area (Å²) in [5.41, 5.74) is 9.81. The van der Waals surface area contributed by atoms with Crippen LogP contribution in [0, 0.1) is 23.3 Å². The number of allylic oxidation sites excluding steroid dienone is 1. The molecule has 13 nitrogen and oxygen atoms in total. The van der Waals surface area contributed by atoms with Crippen LogP contribution < -0.4 is 31.6 Å². The van der Waals surface area contributed by atoms with E-state index >= 15 is 4.39 Å². The van der Waals surface area contributed by atoms with Gasteiger partial charge in [0, 0.05) is 30.2 Å². The molecule has 0 saturated heterocycles. The van der Waals surface area contributed by atoms with Gasteiger partial charge in [-0.25, -0.2) is 27.2 Å². The quantitative estimate of drug-likeness (QED) is 0.0163. The minimum absolute atomic E-state index is 0.00183. The van der Waals surface area contributed by atoms with Crippen molar-refractivity contribution in [2.75, 3.05) is 13.2 Å². The zero-order chi connectivity index (χ0) is 76.5. The number of benzene rings is 8. The van der Waals surface area contributed by atoms with Crippen LogP contribution in [0.15, 0.2) is 219 Å². The Kier molecular flexibility index (Phi) is 31.3. The maximum atomic E-state index is 15.0. The molecule has 2 amide bonds. The van der Waals surface area contributed by atoms with Gasteiger partial charge in [-0.2, -0.15) is 61.5 Å². The first-order chi connectivity index (χ1) is 48.2. The molecule has 0 aliphatic carbocycles. The van der Waals surface area contributed by atoms with E-state index in [-0.39, 0.29) is 43.8 Å². The lowest BCUT2D eigenvalue weighted by atomic mass is 9.77. The predicted octanol–water partition coefficient (Wildman–Crippen LogP) is 16.5. The molecule has 0 saturated carbocycles. The number of hydrogen-bond acceptors (Lipinski definition) is 11. The van der Waals surface area contributed by atoms with Gasteiger partial charge in [-0.1, -0.05) is 152 Å². The van der Waals surface area contributed by atoms with Crippen molar-refractivity contribution in [1.29, 1.82) is 0 Å². The van der Waals surface area contributed by atoms with Crippen molar-refractivity contribution in [2.45, 2.75) is 106 Å². The summed E-state index contributed by atoms with van der Waals surface area (Å²) in [7, 11) is 0. The van der Waals surface area contributed by atoms with E-state index in [9.17, 15) is 89.3 Å². The summed E-state index contributed by atoms with van der Waals surface area (Å²) < 4.78 is 262. The van der Waals surface area contributed by atoms with Gasteiger partial charge in [0.15, 0.2) is 12.2 Å². The van der Waals surface area contributed by atoms with Gasteiger partial charge in [0.2, 0.25) is 0 Å². The second-order valence-electron chi connectivity index (χ2n) is 22.4. The number of ether oxygens (including phenoxy) is 5. The summed E-state index contributed by atoms with van der Waals surface area (Å²) in [5.74, 6) is -5.15. The number of aliphatic hydroxyl groups is 2. The summed E-state index contributed by atoms with van der Waals surface area (Å²) >= 11 is 4.75. The Morgan fingerprint density at radius 1 is 0.495 bits per heavy atom. The predicted molar refractivity (Wildman–Crippen MR) is 342 cm³/mol. The average Bonchev–Trinajstić information content (AvgIpc) is 0.784. The van der Waals surface area contributed by atoms with Gasteiger partial charge >= 0.3 is 48.9 Å². The standard InChI is InChI=1S/C34H29F9N2O4.C22H17F6NO.C11H14F3NO2.C4H5ClO2/c35-25-13-11-23(12-14-25)32(18-21-7-3-1-4-8-21,24-15-26(36)17-27(16-24)49-34(42,43)30(37)38)45-31(47)44-28(29(46)33(39,40)41)20-48-19-22-9-5-2-6-10-22;23-17-8-6-15(7-9-17)21(29,13-14-4-2-1-3-5-14)16-10-18(24)12-19(11-16)30-22(27,28)20(25)26;12-11(13,14)10(16)9(15)7-17-6-8-4-2-1-3-5-8;1-3(2)7-4(5)6/h1-17,28-30,46H,18-20H2,(H2,44,45,47);1-12,20H,13,29H2;1-5,9-10,16H,6-7,15H2;1H2,2H3/t28-,29-,32-;21-;9-,10-;/m111./s1. The van der Waals surface area contributed by atoms with Crippen LogP contribution in [0.1, 0.15) is 51.4 Å². The van der Waals surface area contributed by atoms with E-state index in [2.05, 4.69) is 26.1 Å². The fraction of sp³-hybridized carbons (Fsp3) is 0.268. The van der Waals surface area contributed by atoms with Crippen molar-refractivity contribution in [3.05, 3.63) is 286 Å². The molecular formula is C71H65ClF18N4O9. The van der Waals surface area contributed by atoms with Crippen molar-refractivity contribution < 1.29 is 123 Å². The number of nitrogens with two attached hydrogens (primary N) is 2. The van der Waals surface area contributed by atoms with Gasteiger partial charge in [0.05, 0.1) is 55.3 Å². The van der Waals surface area contributed by atoms with Gasteiger partial charge in [0.1, 0.15) is 34.8 Å². The summed E-state index contributed by atoms with van der Waals surface area (Å²) in [5, 5.41) is 23.4. The van der Waals surface area contributed by atoms with E-state index in [0.717, 1.165) is 71.8 Å². The van der Waals surface area contributed by atoms with Crippen molar-refractivity contribution in [3.8, 4) is 11.5 Å². The Labute approximate surface area is 582 Å². The molecule has 0 spiro atoms. The number of alkyl halides is 14. The molecule has 32 heteroatoms. The normalized spacial score (nSPS) is 14.0. The topological polar surface area (TPSA) is 197 Å². The summed E-state index contributed by atoms with van der Waals surface area (Å²) in [6, 6.07) is 42.6. The van der Waals surface area contributed by atoms with Crippen LogP contribution >= 0.6 is 11.6 Å². The number of rotatable bonds is 27. The maximum absolute atomic E-state index is 15.0. The zero-order valence-electron chi connectivity index (χ0n) is 53.6. The van der Waals surface area contributed by atoms with E-state index in [4.69, 9.17) is 37.6 Å². The van der Waals surface area contributed by atoms with Crippen LogP contribution in [0.5, 0.6) is 11.5 Å². The van der Waals surface area contributed by atoms with E-state index in [0.29, 0.717) is 34.6 Å². The lowest BCUT2D eigenvalue weighted by Gasteiger charge is -2.37. The van der Waals surface area contributed by atoms with Crippen LogP contribution in [0.25, 0.3) is 0 Å². The highest BCUT2D eigenvalue weighted by molar-refractivity contribution is 6.61. The number of hydrogen-bond donors (Lipinski definition) is 6. The maximum Gasteiger partial charge on any atom is 0.461 e. The number of amides is 2. The van der Waals surface area contributed by atoms with E-state index in [1.807, 2.05) is 11.4 Å². The molecule has 0 aromatic heterocycles. The number of halogens is 19. The third kappa shape index (κ3) is 27.1. The Morgan fingerprint density at radius 2 is 0.874 bits per heavy atom. The van der Waals surface area contributed by atoms with Gasteiger partial charge in [-0.3, -0.25) is 0 Å². The van der Waals surface area contributed by atoms with E-state index in [1.165, 1.54) is 12.1 Å². The number of carbonyl (C=O) groups is 2. The summed E-state index contributed by atoms with van der Waals surface area (Å²) in [6.45, 7) is 3.60. The van der Waals surface area contributed by atoms with Gasteiger partial charge in [-0.05, 0) is 106 Å². The molecule has 8 aromatic rings. The fourth-order valence-electron chi connectivity index (χ4n) is 9.46. The third-order valence-corrected chi connectivity index (χ3v) is 14.4. The highest BCUT2D eigenvalue weighted by Crippen LogP contribution is 2.40. The van der Waals surface area contributed by atoms with Crippen LogP contribution in [-0.2, 0) is 51.3 Å². The van der Waals surface area contributed by atoms with E-state index < -0.39 is 131 Å². The van der Waals surface area contributed by atoms with Crippen molar-refractivity contribution in [1.82, 2.24) is 10.6 Å². The molecule has 0 aliphatic heterocycles. The average molecular weight is 1500 g/mol. The Hall–Kier alpha value is -9.37. The molecule has 0 fully saturated rings. The van der Waals surface area contributed by atoms with Crippen LogP contribution in [0.2, 0.25) is 0 Å². The first-order valence-electron chi connectivity index (χ1n) is 30.0. The van der Waals surface area contributed by atoms with Crippen LogP contribution in [0.4, 0.5) is 88.6 Å². The Balaban J connectivity index is 0.000000296. The Bertz CT molecular complexity index is 3910. The zero-order valence-corrected chi connectivity index (χ0v) is 54.4. The molecular weight excluding hydrogens is 1430 g/mol. The summed E-state index contributed by atoms with van der Waals surface area (Å²) in [6.07, 6.45) is -34.2. The fourth-order valence-corrected chi connectivity index (χ4v) is 9.59. The molecule has 8 rings (SSSR count). The molecule has 0 unspecified atom stereocenters. The summed E-state index contributed by atoms with van der Waals surface area (Å²) in [4.78, 5) is 23.4. The molecule has 6 atom stereocenters. The second kappa shape index (κ2) is 38.2. The molecule has 0 radical (unpaired) electrons. The lowest BCUT2D eigenvalue weighted by Crippen LogP contribution is -2.58. The highest BCUT2D eigenvalue weighted by atomic mass is 35.5. The van der Waals surface area contributed by atoms with E-state index in [1.54, 1.807) is 122 Å². The van der Waals surface area contributed by atoms with Gasteiger partial charge in [-0.15, -0.1) is 0 Å². The first-order valence-corrected chi connectivity index (χ1v) is 30.4. The minimum atomic E-state index is -5.23. The molecule has 8 aromatic carbocycles. The van der Waals surface area contributed by atoms with Gasteiger partial charge < -0.3 is 56.0 Å². The second-order valence-corrected chi connectivity index (χ2v) is 22.7. The monoisotopic (exact) mass is 1490 g/mol. The molecule has 0 bridgehead atoms. The number of urea groups is 1. The number of carbonyl (C=O) groups excluding carboxylic acids is 2. The van der Waals surface area contributed by atoms with Crippen molar-refractivity contribution in [2.24, 2.45) is 11.5 Å². The van der Waals surface area contributed by atoms with Crippen LogP contribution in [0.3, 0.4) is 0 Å². The lowest BCUT2D eigenvalue weighted by molar-refractivity contribution is -0.253. The largest absolute Gasteiger partial charge is 0.461 e. The van der Waals surface area contributed by atoms with Crippen molar-refractivity contribution in [3.63, 3.8) is 0 Å². The SMILES string of the molecule is C=C(C)OC(=O)Cl.N[C@H](COCc1ccccc1)[C@@H](O)C(F)(F)F.N[C@](Cc1ccccc1)(c1ccc(F)cc1)c1cc(F)cc(OC(F)(F)C(F)F)c1.O=C(N[C@H](COCc1ccccc1)[C@@H](O)C(F)(F)F)N[C@](Cc1ccccc1)(c1ccc(F)cc1)c1cc(F)cc(OC(F)(F)C(F)F)c1. The molecule has 0 heterocycles. The highest BCUT2D eigenvalue weighted by Gasteiger charge is 2.48. The van der Waals surface area contributed by atoms with Crippen molar-refractivity contribution >= 4 is 23.1 Å². The minimum Gasteiger partial charge on any atom is -0.428 e. The molecule has 556 valence electrons. The molecule has 0 aliphatic rings. The number of aliphatic hydroxyl groups excluding tert-OH is 2. The Morgan fingerprint density at radius 3 is 1.26 bits per heavy atom. The van der Waals surface area contributed by atoms with Gasteiger partial charge in [0.25, 0.3) is 0 Å². The molecule has 103 heavy (non-hydrogen) atoms. The smallest absolute Gasteiger partial charge is 0.428 e. The molecule has 8 N–H and O–H groups in total.